The average molecular weight is 557 g/mol. The summed E-state index contributed by atoms with van der Waals surface area (Å²) < 4.78 is 42.2. The average Bonchev–Trinajstić information content (AvgIpc) is 2.80. The first-order valence-electron chi connectivity index (χ1n) is 10.7. The highest BCUT2D eigenvalue weighted by Gasteiger charge is 2.32. The van der Waals surface area contributed by atoms with Crippen LogP contribution < -0.4 is 9.62 Å². The molecule has 0 radical (unpaired) electrons. The molecular weight excluding hydrogens is 527 g/mol. The maximum absolute atomic E-state index is 13.5. The van der Waals surface area contributed by atoms with Gasteiger partial charge in [0.1, 0.15) is 18.4 Å². The second-order valence-electron chi connectivity index (χ2n) is 7.89. The van der Waals surface area contributed by atoms with Crippen molar-refractivity contribution in [3.63, 3.8) is 0 Å². The Morgan fingerprint density at radius 2 is 1.65 bits per heavy atom. The lowest BCUT2D eigenvalue weighted by molar-refractivity contribution is -0.139. The van der Waals surface area contributed by atoms with Crippen molar-refractivity contribution in [1.82, 2.24) is 14.5 Å². The lowest BCUT2D eigenvalue weighted by Gasteiger charge is -2.32. The molecule has 2 aromatic carbocycles. The molecule has 186 valence electrons. The van der Waals surface area contributed by atoms with Crippen molar-refractivity contribution in [3.05, 3.63) is 64.4 Å². The number of halogens is 2. The van der Waals surface area contributed by atoms with Gasteiger partial charge < -0.3 is 10.2 Å². The van der Waals surface area contributed by atoms with Crippen molar-refractivity contribution in [2.24, 2.45) is 0 Å². The maximum Gasteiger partial charge on any atom is 0.304 e. The Bertz CT molecular complexity index is 1080. The number of hydrogen-bond acceptors (Lipinski definition) is 4. The third kappa shape index (κ3) is 7.25. The van der Waals surface area contributed by atoms with Crippen LogP contribution in [-0.2, 0) is 26.3 Å². The van der Waals surface area contributed by atoms with Crippen molar-refractivity contribution in [2.75, 3.05) is 31.5 Å². The normalized spacial score (nSPS) is 12.3. The molecule has 0 aliphatic heterocycles. The summed E-state index contributed by atoms with van der Waals surface area (Å²) in [6.45, 7) is 3.52. The number of nitrogens with zero attached hydrogens (tertiary/aromatic N) is 3. The van der Waals surface area contributed by atoms with Crippen LogP contribution in [0.3, 0.4) is 0 Å². The summed E-state index contributed by atoms with van der Waals surface area (Å²) in [5, 5.41) is 2.78. The van der Waals surface area contributed by atoms with E-state index in [1.807, 2.05) is 31.2 Å². The van der Waals surface area contributed by atoms with Gasteiger partial charge in [-0.1, -0.05) is 35.0 Å². The van der Waals surface area contributed by atoms with E-state index in [9.17, 15) is 22.4 Å². The Balaban J connectivity index is 2.41. The molecule has 11 heteroatoms. The van der Waals surface area contributed by atoms with E-state index in [-0.39, 0.29) is 18.1 Å². The van der Waals surface area contributed by atoms with Gasteiger partial charge in [0, 0.05) is 31.7 Å². The zero-order valence-electron chi connectivity index (χ0n) is 19.7. The first-order valence-corrected chi connectivity index (χ1v) is 12.9. The van der Waals surface area contributed by atoms with E-state index < -0.39 is 34.5 Å². The van der Waals surface area contributed by atoms with Crippen LogP contribution in [0.5, 0.6) is 0 Å². The van der Waals surface area contributed by atoms with Gasteiger partial charge >= 0.3 is 10.2 Å². The number of amides is 2. The Morgan fingerprint density at radius 1 is 1.06 bits per heavy atom. The van der Waals surface area contributed by atoms with E-state index in [1.54, 1.807) is 6.92 Å². The van der Waals surface area contributed by atoms with E-state index in [1.165, 1.54) is 31.1 Å². The maximum atomic E-state index is 13.5. The van der Waals surface area contributed by atoms with Gasteiger partial charge in [0.05, 0.1) is 5.69 Å². The first kappa shape index (κ1) is 27.7. The van der Waals surface area contributed by atoms with Gasteiger partial charge in [-0.05, 0) is 55.3 Å². The second kappa shape index (κ2) is 12.3. The minimum atomic E-state index is -4.08. The van der Waals surface area contributed by atoms with Gasteiger partial charge in [-0.15, -0.1) is 0 Å². The predicted molar refractivity (Wildman–Crippen MR) is 134 cm³/mol. The molecule has 0 fully saturated rings. The molecule has 0 heterocycles. The Labute approximate surface area is 209 Å². The van der Waals surface area contributed by atoms with Crippen LogP contribution in [0.4, 0.5) is 10.1 Å². The van der Waals surface area contributed by atoms with Crippen LogP contribution in [0.25, 0.3) is 0 Å². The molecule has 0 aromatic heterocycles. The summed E-state index contributed by atoms with van der Waals surface area (Å²) in [5.41, 5.74) is 0.908. The highest BCUT2D eigenvalue weighted by molar-refractivity contribution is 9.10. The van der Waals surface area contributed by atoms with Gasteiger partial charge in [-0.2, -0.15) is 12.7 Å². The Hall–Kier alpha value is -2.50. The van der Waals surface area contributed by atoms with Gasteiger partial charge in [0.2, 0.25) is 11.8 Å². The topological polar surface area (TPSA) is 90.0 Å². The summed E-state index contributed by atoms with van der Waals surface area (Å²) >= 11 is 3.37. The van der Waals surface area contributed by atoms with E-state index in [2.05, 4.69) is 21.2 Å². The molecule has 0 saturated heterocycles. The third-order valence-electron chi connectivity index (χ3n) is 5.12. The Morgan fingerprint density at radius 3 is 2.18 bits per heavy atom. The van der Waals surface area contributed by atoms with E-state index >= 15 is 0 Å². The number of benzene rings is 2. The molecule has 1 N–H and O–H groups in total. The predicted octanol–water partition coefficient (Wildman–Crippen LogP) is 3.14. The van der Waals surface area contributed by atoms with E-state index in [0.29, 0.717) is 6.54 Å². The number of nitrogens with one attached hydrogen (secondary N) is 1. The van der Waals surface area contributed by atoms with E-state index in [0.717, 1.165) is 37.2 Å². The van der Waals surface area contributed by atoms with Crippen molar-refractivity contribution < 1.29 is 22.4 Å². The Kier molecular flexibility index (Phi) is 10.0. The fourth-order valence-electron chi connectivity index (χ4n) is 3.09. The van der Waals surface area contributed by atoms with Gasteiger partial charge in [-0.3, -0.25) is 9.59 Å². The molecule has 0 saturated carbocycles. The van der Waals surface area contributed by atoms with Crippen molar-refractivity contribution in [1.29, 1.82) is 0 Å². The molecule has 0 aliphatic carbocycles. The number of anilines is 1. The number of hydrogen-bond donors (Lipinski definition) is 1. The second-order valence-corrected chi connectivity index (χ2v) is 10.9. The summed E-state index contributed by atoms with van der Waals surface area (Å²) in [7, 11) is -1.39. The van der Waals surface area contributed by atoms with Crippen molar-refractivity contribution in [3.8, 4) is 0 Å². The van der Waals surface area contributed by atoms with Crippen molar-refractivity contribution in [2.45, 2.75) is 32.9 Å². The van der Waals surface area contributed by atoms with Crippen LogP contribution in [0.2, 0.25) is 0 Å². The molecule has 2 rings (SSSR count). The minimum absolute atomic E-state index is 0.103. The van der Waals surface area contributed by atoms with Gasteiger partial charge in [0.15, 0.2) is 0 Å². The highest BCUT2D eigenvalue weighted by Crippen LogP contribution is 2.21. The quantitative estimate of drug-likeness (QED) is 0.460. The lowest BCUT2D eigenvalue weighted by atomic mass is 10.1. The number of carbonyl (C=O) groups is 2. The first-order chi connectivity index (χ1) is 16.0. The summed E-state index contributed by atoms with van der Waals surface area (Å²) in [6.07, 6.45) is 0.735. The molecule has 0 aliphatic rings. The van der Waals surface area contributed by atoms with Crippen LogP contribution in [-0.4, -0.2) is 62.7 Å². The molecular formula is C23H30BrFN4O4S. The van der Waals surface area contributed by atoms with Crippen molar-refractivity contribution >= 4 is 43.6 Å². The highest BCUT2D eigenvalue weighted by atomic mass is 79.9. The molecule has 0 spiro atoms. The van der Waals surface area contributed by atoms with Gasteiger partial charge in [-0.25, -0.2) is 8.70 Å². The standard InChI is InChI=1S/C23H30BrFN4O4S/c1-5-14-26-23(31)17(2)28(15-18-6-8-19(24)9-7-18)22(30)16-29(34(32,33)27(3)4)21-12-10-20(25)11-13-21/h6-13,17H,5,14-16H2,1-4H3,(H,26,31)/t17-/m0/s1. The zero-order chi connectivity index (χ0) is 25.5. The monoisotopic (exact) mass is 556 g/mol. The largest absolute Gasteiger partial charge is 0.354 e. The molecule has 0 unspecified atom stereocenters. The molecule has 34 heavy (non-hydrogen) atoms. The lowest BCUT2D eigenvalue weighted by Crippen LogP contribution is -2.52. The fourth-order valence-corrected chi connectivity index (χ4v) is 4.41. The van der Waals surface area contributed by atoms with Crippen LogP contribution >= 0.6 is 15.9 Å². The SMILES string of the molecule is CCCNC(=O)[C@H](C)N(Cc1ccc(Br)cc1)C(=O)CN(c1ccc(F)cc1)S(=O)(=O)N(C)C. The fraction of sp³-hybridized carbons (Fsp3) is 0.391. The zero-order valence-corrected chi connectivity index (χ0v) is 22.1. The molecule has 1 atom stereocenters. The number of rotatable bonds is 11. The summed E-state index contributed by atoms with van der Waals surface area (Å²) in [4.78, 5) is 27.5. The summed E-state index contributed by atoms with van der Waals surface area (Å²) in [6, 6.07) is 11.3. The number of carbonyl (C=O) groups excluding carboxylic acids is 2. The minimum Gasteiger partial charge on any atom is -0.354 e. The molecule has 2 amide bonds. The van der Waals surface area contributed by atoms with Crippen LogP contribution in [0.15, 0.2) is 53.0 Å². The van der Waals surface area contributed by atoms with Gasteiger partial charge in [0.25, 0.3) is 0 Å². The molecule has 2 aromatic rings. The molecule has 8 nitrogen and oxygen atoms in total. The molecule has 0 bridgehead atoms. The summed E-state index contributed by atoms with van der Waals surface area (Å²) in [5.74, 6) is -1.44. The van der Waals surface area contributed by atoms with E-state index in [4.69, 9.17) is 0 Å². The van der Waals surface area contributed by atoms with Crippen LogP contribution in [0, 0.1) is 5.82 Å². The van der Waals surface area contributed by atoms with Crippen LogP contribution in [0.1, 0.15) is 25.8 Å². The third-order valence-corrected chi connectivity index (χ3v) is 7.46. The smallest absolute Gasteiger partial charge is 0.304 e.